The van der Waals surface area contributed by atoms with E-state index in [1.807, 2.05) is 37.3 Å². The van der Waals surface area contributed by atoms with E-state index in [2.05, 4.69) is 9.88 Å². The Kier molecular flexibility index (Phi) is 4.63. The third-order valence-electron chi connectivity index (χ3n) is 3.02. The number of rotatable bonds is 6. The first kappa shape index (κ1) is 13.7. The average molecular weight is 265 g/mol. The van der Waals surface area contributed by atoms with Gasteiger partial charge in [-0.15, -0.1) is 0 Å². The van der Waals surface area contributed by atoms with Crippen molar-refractivity contribution in [2.75, 3.05) is 6.54 Å². The molecule has 0 aliphatic rings. The highest BCUT2D eigenvalue weighted by Gasteiger charge is 2.14. The summed E-state index contributed by atoms with van der Waals surface area (Å²) in [4.78, 5) is 6.09. The summed E-state index contributed by atoms with van der Waals surface area (Å²) >= 11 is 0. The SMILES string of the molecule is CCN(Cc1ccccc1)Cc1nccn1C(F)F. The Morgan fingerprint density at radius 1 is 1.21 bits per heavy atom. The van der Waals surface area contributed by atoms with Gasteiger partial charge in [0.25, 0.3) is 0 Å². The third-order valence-corrected chi connectivity index (χ3v) is 3.02. The van der Waals surface area contributed by atoms with E-state index in [1.165, 1.54) is 18.0 Å². The average Bonchev–Trinajstić information content (AvgIpc) is 2.87. The van der Waals surface area contributed by atoms with Gasteiger partial charge in [0.1, 0.15) is 5.82 Å². The molecule has 1 aromatic heterocycles. The van der Waals surface area contributed by atoms with Crippen LogP contribution in [0, 0.1) is 0 Å². The second kappa shape index (κ2) is 6.43. The number of benzene rings is 1. The highest BCUT2D eigenvalue weighted by Crippen LogP contribution is 2.15. The fourth-order valence-electron chi connectivity index (χ4n) is 1.97. The van der Waals surface area contributed by atoms with Gasteiger partial charge in [-0.1, -0.05) is 37.3 Å². The van der Waals surface area contributed by atoms with E-state index in [4.69, 9.17) is 0 Å². The Balaban J connectivity index is 2.05. The van der Waals surface area contributed by atoms with Crippen LogP contribution in [0.25, 0.3) is 0 Å². The zero-order valence-electron chi connectivity index (χ0n) is 10.8. The highest BCUT2D eigenvalue weighted by atomic mass is 19.3. The highest BCUT2D eigenvalue weighted by molar-refractivity contribution is 5.14. The first-order valence-electron chi connectivity index (χ1n) is 6.27. The van der Waals surface area contributed by atoms with E-state index >= 15 is 0 Å². The molecule has 0 amide bonds. The Hall–Kier alpha value is -1.75. The van der Waals surface area contributed by atoms with Crippen LogP contribution in [0.1, 0.15) is 24.9 Å². The lowest BCUT2D eigenvalue weighted by molar-refractivity contribution is 0.0638. The van der Waals surface area contributed by atoms with Crippen LogP contribution < -0.4 is 0 Å². The van der Waals surface area contributed by atoms with Gasteiger partial charge in [0.15, 0.2) is 0 Å². The van der Waals surface area contributed by atoms with Crippen molar-refractivity contribution in [2.45, 2.75) is 26.6 Å². The van der Waals surface area contributed by atoms with Crippen LogP contribution >= 0.6 is 0 Å². The summed E-state index contributed by atoms with van der Waals surface area (Å²) < 4.78 is 26.4. The maximum atomic E-state index is 12.7. The van der Waals surface area contributed by atoms with E-state index in [0.29, 0.717) is 12.4 Å². The molecule has 0 spiro atoms. The van der Waals surface area contributed by atoms with Crippen molar-refractivity contribution in [1.29, 1.82) is 0 Å². The largest absolute Gasteiger partial charge is 0.319 e. The molecule has 0 radical (unpaired) electrons. The number of halogens is 2. The van der Waals surface area contributed by atoms with Gasteiger partial charge < -0.3 is 0 Å². The molecular weight excluding hydrogens is 248 g/mol. The lowest BCUT2D eigenvalue weighted by Gasteiger charge is -2.20. The van der Waals surface area contributed by atoms with Gasteiger partial charge in [0.05, 0.1) is 6.54 Å². The quantitative estimate of drug-likeness (QED) is 0.799. The molecular formula is C14H17F2N3. The molecule has 0 bridgehead atoms. The fourth-order valence-corrected chi connectivity index (χ4v) is 1.97. The minimum absolute atomic E-state index is 0.396. The van der Waals surface area contributed by atoms with Crippen LogP contribution in [0.4, 0.5) is 8.78 Å². The number of aromatic nitrogens is 2. The Bertz CT molecular complexity index is 496. The molecule has 2 aromatic rings. The molecule has 102 valence electrons. The standard InChI is InChI=1S/C14H17F2N3/c1-2-18(10-12-6-4-3-5-7-12)11-13-17-8-9-19(13)14(15)16/h3-9,14H,2,10-11H2,1H3. The molecule has 0 fully saturated rings. The zero-order chi connectivity index (χ0) is 13.7. The number of alkyl halides is 2. The first-order chi connectivity index (χ1) is 9.20. The molecule has 19 heavy (non-hydrogen) atoms. The molecule has 3 nitrogen and oxygen atoms in total. The molecule has 0 saturated carbocycles. The molecule has 5 heteroatoms. The monoisotopic (exact) mass is 265 g/mol. The lowest BCUT2D eigenvalue weighted by Crippen LogP contribution is -2.24. The molecule has 0 aliphatic carbocycles. The van der Waals surface area contributed by atoms with Crippen LogP contribution in [-0.4, -0.2) is 21.0 Å². The van der Waals surface area contributed by atoms with Crippen LogP contribution in [0.3, 0.4) is 0 Å². The number of hydrogen-bond acceptors (Lipinski definition) is 2. The lowest BCUT2D eigenvalue weighted by atomic mass is 10.2. The van der Waals surface area contributed by atoms with E-state index in [1.54, 1.807) is 0 Å². The summed E-state index contributed by atoms with van der Waals surface area (Å²) in [6.45, 7) is 1.41. The number of imidazole rings is 1. The van der Waals surface area contributed by atoms with Gasteiger partial charge in [-0.05, 0) is 12.1 Å². The van der Waals surface area contributed by atoms with Crippen molar-refractivity contribution >= 4 is 0 Å². The first-order valence-corrected chi connectivity index (χ1v) is 6.27. The van der Waals surface area contributed by atoms with E-state index in [-0.39, 0.29) is 0 Å². The number of nitrogens with zero attached hydrogens (tertiary/aromatic N) is 3. The summed E-state index contributed by atoms with van der Waals surface area (Å²) in [7, 11) is 0. The summed E-state index contributed by atoms with van der Waals surface area (Å²) in [6.07, 6.45) is 2.73. The number of hydrogen-bond donors (Lipinski definition) is 0. The van der Waals surface area contributed by atoms with Gasteiger partial charge in [-0.3, -0.25) is 9.47 Å². The second-order valence-corrected chi connectivity index (χ2v) is 4.32. The minimum atomic E-state index is -2.53. The molecule has 1 heterocycles. The smallest absolute Gasteiger partial charge is 0.292 e. The summed E-state index contributed by atoms with van der Waals surface area (Å²) in [5, 5.41) is 0. The van der Waals surface area contributed by atoms with Crippen molar-refractivity contribution in [1.82, 2.24) is 14.5 Å². The molecule has 0 unspecified atom stereocenters. The van der Waals surface area contributed by atoms with Crippen molar-refractivity contribution in [3.8, 4) is 0 Å². The van der Waals surface area contributed by atoms with Gasteiger partial charge in [-0.25, -0.2) is 4.98 Å². The third kappa shape index (κ3) is 3.61. The fraction of sp³-hybridized carbons (Fsp3) is 0.357. The maximum Gasteiger partial charge on any atom is 0.319 e. The summed E-state index contributed by atoms with van der Waals surface area (Å²) in [6, 6.07) is 9.97. The van der Waals surface area contributed by atoms with Crippen LogP contribution in [0.2, 0.25) is 0 Å². The Labute approximate surface area is 111 Å². The van der Waals surface area contributed by atoms with E-state index < -0.39 is 6.55 Å². The predicted octanol–water partition coefficient (Wildman–Crippen LogP) is 3.30. The van der Waals surface area contributed by atoms with Crippen molar-refractivity contribution in [3.63, 3.8) is 0 Å². The van der Waals surface area contributed by atoms with Crippen LogP contribution in [0.15, 0.2) is 42.7 Å². The Morgan fingerprint density at radius 3 is 2.58 bits per heavy atom. The molecule has 0 N–H and O–H groups in total. The molecule has 0 aliphatic heterocycles. The zero-order valence-corrected chi connectivity index (χ0v) is 10.8. The molecule has 0 atom stereocenters. The van der Waals surface area contributed by atoms with Crippen molar-refractivity contribution in [3.05, 3.63) is 54.1 Å². The summed E-state index contributed by atoms with van der Waals surface area (Å²) in [5.41, 5.74) is 1.17. The predicted molar refractivity (Wildman–Crippen MR) is 69.7 cm³/mol. The normalized spacial score (nSPS) is 11.4. The van der Waals surface area contributed by atoms with Crippen LogP contribution in [0.5, 0.6) is 0 Å². The molecule has 1 aromatic carbocycles. The topological polar surface area (TPSA) is 21.1 Å². The van der Waals surface area contributed by atoms with E-state index in [0.717, 1.165) is 17.7 Å². The van der Waals surface area contributed by atoms with Gasteiger partial charge in [-0.2, -0.15) is 8.78 Å². The van der Waals surface area contributed by atoms with Crippen molar-refractivity contribution in [2.24, 2.45) is 0 Å². The van der Waals surface area contributed by atoms with Gasteiger partial charge in [0.2, 0.25) is 0 Å². The maximum absolute atomic E-state index is 12.7. The van der Waals surface area contributed by atoms with Gasteiger partial charge >= 0.3 is 6.55 Å². The van der Waals surface area contributed by atoms with Crippen molar-refractivity contribution < 1.29 is 8.78 Å². The minimum Gasteiger partial charge on any atom is -0.292 e. The van der Waals surface area contributed by atoms with Crippen LogP contribution in [-0.2, 0) is 13.1 Å². The molecule has 2 rings (SSSR count). The molecule has 0 saturated heterocycles. The van der Waals surface area contributed by atoms with Gasteiger partial charge in [0, 0.05) is 18.9 Å². The summed E-state index contributed by atoms with van der Waals surface area (Å²) in [5.74, 6) is 0.396. The Morgan fingerprint density at radius 2 is 1.95 bits per heavy atom. The second-order valence-electron chi connectivity index (χ2n) is 4.32. The van der Waals surface area contributed by atoms with E-state index in [9.17, 15) is 8.78 Å².